The molecule has 9 heteroatoms. The van der Waals surface area contributed by atoms with Gasteiger partial charge in [0, 0.05) is 47.0 Å². The zero-order chi connectivity index (χ0) is 33.6. The Morgan fingerprint density at radius 1 is 0.652 bits per heavy atom. The third-order valence-corrected chi connectivity index (χ3v) is 10.6. The standard InChI is InChI=1S/C37H50Br2N2O5/c1-36(2,3)45-34(43)40-19-15-25(16-20-40)29(23-27-11-7-9-13-31(27)38)33(42)30(24-28-12-8-10-14-32(28)39)26-17-21-41(22-18-26)35(44)46-37(4,5)6/h7-14,25-26,29-30H,15-24H2,1-6H3. The number of ether oxygens (including phenoxy) is 2. The molecule has 2 aromatic rings. The number of carbonyl (C=O) groups is 3. The number of hydrogen-bond donors (Lipinski definition) is 0. The van der Waals surface area contributed by atoms with E-state index < -0.39 is 11.2 Å². The number of likely N-dealkylation sites (tertiary alicyclic amines) is 2. The summed E-state index contributed by atoms with van der Waals surface area (Å²) >= 11 is 7.47. The lowest BCUT2D eigenvalue weighted by Gasteiger charge is -2.40. The smallest absolute Gasteiger partial charge is 0.410 e. The Morgan fingerprint density at radius 2 is 0.978 bits per heavy atom. The topological polar surface area (TPSA) is 76.2 Å². The average Bonchev–Trinajstić information content (AvgIpc) is 2.98. The van der Waals surface area contributed by atoms with Gasteiger partial charge in [0.25, 0.3) is 0 Å². The van der Waals surface area contributed by atoms with E-state index >= 15 is 4.79 Å². The molecule has 2 amide bonds. The van der Waals surface area contributed by atoms with Crippen LogP contribution >= 0.6 is 31.9 Å². The molecule has 0 aliphatic carbocycles. The summed E-state index contributed by atoms with van der Waals surface area (Å²) in [5.74, 6) is 0.174. The second kappa shape index (κ2) is 15.7. The minimum atomic E-state index is -0.552. The first kappa shape index (κ1) is 36.4. The van der Waals surface area contributed by atoms with Gasteiger partial charge in [-0.2, -0.15) is 0 Å². The second-order valence-electron chi connectivity index (χ2n) is 14.8. The van der Waals surface area contributed by atoms with E-state index in [4.69, 9.17) is 9.47 Å². The van der Waals surface area contributed by atoms with Crippen LogP contribution in [-0.4, -0.2) is 65.2 Å². The Balaban J connectivity index is 1.59. The highest BCUT2D eigenvalue weighted by atomic mass is 79.9. The number of hydrogen-bond acceptors (Lipinski definition) is 5. The predicted octanol–water partition coefficient (Wildman–Crippen LogP) is 9.09. The quantitative estimate of drug-likeness (QED) is 0.268. The number of halogens is 2. The van der Waals surface area contributed by atoms with Gasteiger partial charge in [0.15, 0.2) is 0 Å². The minimum Gasteiger partial charge on any atom is -0.444 e. The van der Waals surface area contributed by atoms with Crippen molar-refractivity contribution in [3.8, 4) is 0 Å². The molecule has 2 saturated heterocycles. The molecule has 0 radical (unpaired) electrons. The Kier molecular flexibility index (Phi) is 12.4. The van der Waals surface area contributed by atoms with Gasteiger partial charge < -0.3 is 19.3 Å². The maximum Gasteiger partial charge on any atom is 0.410 e. The van der Waals surface area contributed by atoms with Gasteiger partial charge in [-0.1, -0.05) is 68.3 Å². The van der Waals surface area contributed by atoms with Crippen molar-refractivity contribution in [3.05, 3.63) is 68.6 Å². The largest absolute Gasteiger partial charge is 0.444 e. The molecule has 2 fully saturated rings. The number of carbonyl (C=O) groups excluding carboxylic acids is 3. The van der Waals surface area contributed by atoms with Crippen LogP contribution in [0.4, 0.5) is 9.59 Å². The highest BCUT2D eigenvalue weighted by Gasteiger charge is 2.41. The molecule has 252 valence electrons. The van der Waals surface area contributed by atoms with Crippen LogP contribution in [0.25, 0.3) is 0 Å². The van der Waals surface area contributed by atoms with E-state index in [1.54, 1.807) is 9.80 Å². The predicted molar refractivity (Wildman–Crippen MR) is 189 cm³/mol. The fraction of sp³-hybridized carbons (Fsp3) is 0.595. The van der Waals surface area contributed by atoms with Crippen molar-refractivity contribution in [2.45, 2.75) is 91.3 Å². The highest BCUT2D eigenvalue weighted by molar-refractivity contribution is 9.10. The van der Waals surface area contributed by atoms with Crippen LogP contribution in [0, 0.1) is 23.7 Å². The van der Waals surface area contributed by atoms with E-state index in [9.17, 15) is 9.59 Å². The van der Waals surface area contributed by atoms with Crippen molar-refractivity contribution in [1.29, 1.82) is 0 Å². The van der Waals surface area contributed by atoms with Gasteiger partial charge >= 0.3 is 12.2 Å². The van der Waals surface area contributed by atoms with Crippen LogP contribution in [0.1, 0.15) is 78.4 Å². The fourth-order valence-corrected chi connectivity index (χ4v) is 7.59. The van der Waals surface area contributed by atoms with Gasteiger partial charge in [0.2, 0.25) is 0 Å². The number of piperidine rings is 2. The van der Waals surface area contributed by atoms with Gasteiger partial charge in [0.1, 0.15) is 17.0 Å². The summed E-state index contributed by atoms with van der Waals surface area (Å²) in [7, 11) is 0. The van der Waals surface area contributed by atoms with Crippen LogP contribution in [0.2, 0.25) is 0 Å². The van der Waals surface area contributed by atoms with Gasteiger partial charge in [-0.25, -0.2) is 9.59 Å². The molecule has 0 saturated carbocycles. The summed E-state index contributed by atoms with van der Waals surface area (Å²) in [6, 6.07) is 16.3. The van der Waals surface area contributed by atoms with E-state index in [0.29, 0.717) is 39.0 Å². The van der Waals surface area contributed by atoms with Crippen LogP contribution < -0.4 is 0 Å². The van der Waals surface area contributed by atoms with Crippen molar-refractivity contribution in [3.63, 3.8) is 0 Å². The lowest BCUT2D eigenvalue weighted by atomic mass is 9.69. The lowest BCUT2D eigenvalue weighted by molar-refractivity contribution is -0.131. The summed E-state index contributed by atoms with van der Waals surface area (Å²) in [5, 5.41) is 0. The maximum atomic E-state index is 15.0. The summed E-state index contributed by atoms with van der Waals surface area (Å²) in [5.41, 5.74) is 1.14. The van der Waals surface area contributed by atoms with Gasteiger partial charge in [-0.15, -0.1) is 0 Å². The van der Waals surface area contributed by atoms with E-state index in [1.165, 1.54) is 0 Å². The Morgan fingerprint density at radius 3 is 1.28 bits per heavy atom. The fourth-order valence-electron chi connectivity index (χ4n) is 6.70. The van der Waals surface area contributed by atoms with E-state index in [2.05, 4.69) is 44.0 Å². The first-order chi connectivity index (χ1) is 21.6. The molecule has 2 aliphatic heterocycles. The maximum absolute atomic E-state index is 15.0. The molecule has 0 bridgehead atoms. The number of benzene rings is 2. The van der Waals surface area contributed by atoms with Crippen molar-refractivity contribution < 1.29 is 23.9 Å². The van der Waals surface area contributed by atoms with E-state index in [-0.39, 0.29) is 41.6 Å². The zero-order valence-corrected chi connectivity index (χ0v) is 31.4. The van der Waals surface area contributed by atoms with Crippen molar-refractivity contribution in [1.82, 2.24) is 9.80 Å². The highest BCUT2D eigenvalue weighted by Crippen LogP contribution is 2.38. The molecule has 0 N–H and O–H groups in total. The molecule has 2 unspecified atom stereocenters. The summed E-state index contributed by atoms with van der Waals surface area (Å²) in [6.45, 7) is 13.6. The lowest BCUT2D eigenvalue weighted by Crippen LogP contribution is -2.47. The molecule has 2 heterocycles. The van der Waals surface area contributed by atoms with Crippen LogP contribution in [0.5, 0.6) is 0 Å². The monoisotopic (exact) mass is 760 g/mol. The number of ketones is 1. The van der Waals surface area contributed by atoms with Crippen molar-refractivity contribution >= 4 is 49.8 Å². The Bertz CT molecular complexity index is 1250. The SMILES string of the molecule is CC(C)(C)OC(=O)N1CCC(C(Cc2ccccc2Br)C(=O)C(Cc2ccccc2Br)C2CCN(C(=O)OC(C)(C)C)CC2)CC1. The third-order valence-electron chi connectivity index (χ3n) is 9.05. The first-order valence-electron chi connectivity index (χ1n) is 16.6. The number of amides is 2. The average molecular weight is 763 g/mol. The molecular formula is C37H50Br2N2O5. The number of Topliss-reactive ketones (excluding diaryl/α,β-unsaturated/α-hetero) is 1. The molecule has 2 atom stereocenters. The van der Waals surface area contributed by atoms with E-state index in [0.717, 1.165) is 45.8 Å². The van der Waals surface area contributed by atoms with Crippen molar-refractivity contribution in [2.24, 2.45) is 23.7 Å². The molecule has 46 heavy (non-hydrogen) atoms. The molecule has 4 rings (SSSR count). The van der Waals surface area contributed by atoms with Gasteiger partial charge in [0.05, 0.1) is 0 Å². The summed E-state index contributed by atoms with van der Waals surface area (Å²) in [4.78, 5) is 44.3. The third kappa shape index (κ3) is 10.3. The van der Waals surface area contributed by atoms with Gasteiger partial charge in [-0.3, -0.25) is 4.79 Å². The first-order valence-corrected chi connectivity index (χ1v) is 18.2. The zero-order valence-electron chi connectivity index (χ0n) is 28.2. The number of rotatable bonds is 8. The van der Waals surface area contributed by atoms with E-state index in [1.807, 2.05) is 77.9 Å². The molecule has 0 spiro atoms. The second-order valence-corrected chi connectivity index (χ2v) is 16.5. The molecule has 2 aromatic carbocycles. The molecular weight excluding hydrogens is 712 g/mol. The summed E-state index contributed by atoms with van der Waals surface area (Å²) < 4.78 is 13.3. The Labute approximate surface area is 292 Å². The van der Waals surface area contributed by atoms with Crippen LogP contribution in [-0.2, 0) is 27.1 Å². The Hall–Kier alpha value is -2.39. The molecule has 7 nitrogen and oxygen atoms in total. The van der Waals surface area contributed by atoms with Crippen LogP contribution in [0.15, 0.2) is 57.5 Å². The molecule has 0 aromatic heterocycles. The minimum absolute atomic E-state index is 0.141. The normalized spacial score (nSPS) is 18.2. The van der Waals surface area contributed by atoms with Crippen LogP contribution in [0.3, 0.4) is 0 Å². The summed E-state index contributed by atoms with van der Waals surface area (Å²) in [6.07, 6.45) is 3.70. The number of nitrogens with zero attached hydrogens (tertiary/aromatic N) is 2. The van der Waals surface area contributed by atoms with Gasteiger partial charge in [-0.05, 0) is 115 Å². The molecule has 2 aliphatic rings. The van der Waals surface area contributed by atoms with Crippen molar-refractivity contribution in [2.75, 3.05) is 26.2 Å².